The topological polar surface area (TPSA) is 75.9 Å². The van der Waals surface area contributed by atoms with E-state index in [1.807, 2.05) is 17.0 Å². The van der Waals surface area contributed by atoms with Crippen molar-refractivity contribution < 1.29 is 14.1 Å². The van der Waals surface area contributed by atoms with Crippen LogP contribution in [0.2, 0.25) is 0 Å². The zero-order chi connectivity index (χ0) is 20.3. The number of ether oxygens (including phenoxy) is 1. The number of thiophene rings is 1. The summed E-state index contributed by atoms with van der Waals surface area (Å²) in [5, 5.41) is 0.464. The molecule has 3 aromatic rings. The second kappa shape index (κ2) is 8.65. The third kappa shape index (κ3) is 3.99. The highest BCUT2D eigenvalue weighted by molar-refractivity contribution is 7.20. The fourth-order valence-corrected chi connectivity index (χ4v) is 4.53. The van der Waals surface area contributed by atoms with E-state index in [9.17, 15) is 9.59 Å². The summed E-state index contributed by atoms with van der Waals surface area (Å²) in [6.07, 6.45) is 6.27. The average molecular weight is 401 g/mol. The first-order valence-corrected chi connectivity index (χ1v) is 10.5. The van der Waals surface area contributed by atoms with Gasteiger partial charge in [-0.05, 0) is 43.7 Å². The van der Waals surface area contributed by atoms with E-state index in [0.29, 0.717) is 45.6 Å². The summed E-state index contributed by atoms with van der Waals surface area (Å²) in [7, 11) is 0. The second-order valence-electron chi connectivity index (χ2n) is 6.79. The van der Waals surface area contributed by atoms with Crippen LogP contribution >= 0.6 is 11.3 Å². The van der Waals surface area contributed by atoms with Crippen molar-refractivity contribution >= 4 is 27.5 Å². The molecule has 0 saturated carbocycles. The van der Waals surface area contributed by atoms with Gasteiger partial charge in [0.15, 0.2) is 18.2 Å². The van der Waals surface area contributed by atoms with Gasteiger partial charge in [0.25, 0.3) is 5.56 Å². The van der Waals surface area contributed by atoms with E-state index in [2.05, 4.69) is 35.9 Å². The highest BCUT2D eigenvalue weighted by atomic mass is 32.1. The van der Waals surface area contributed by atoms with E-state index in [0.717, 1.165) is 12.8 Å². The zero-order valence-corrected chi connectivity index (χ0v) is 17.6. The van der Waals surface area contributed by atoms with Gasteiger partial charge in [-0.3, -0.25) is 4.79 Å². The third-order valence-corrected chi connectivity index (χ3v) is 6.18. The van der Waals surface area contributed by atoms with Gasteiger partial charge < -0.3 is 9.72 Å². The first kappa shape index (κ1) is 20.2. The Balaban J connectivity index is 1.90. The number of nitrogens with zero attached hydrogens (tertiary/aromatic N) is 2. The number of aromatic nitrogens is 3. The molecule has 148 valence electrons. The summed E-state index contributed by atoms with van der Waals surface area (Å²) in [4.78, 5) is 33.1. The molecule has 0 aliphatic heterocycles. The van der Waals surface area contributed by atoms with Crippen LogP contribution in [0.3, 0.4) is 0 Å². The number of pyridine rings is 1. The maximum Gasteiger partial charge on any atom is 0.348 e. The van der Waals surface area contributed by atoms with Crippen molar-refractivity contribution in [1.29, 1.82) is 0 Å². The summed E-state index contributed by atoms with van der Waals surface area (Å²) in [6, 6.07) is 4.25. The number of H-pyrrole nitrogens is 1. The monoisotopic (exact) mass is 400 g/mol. The molecule has 0 aliphatic rings. The first-order chi connectivity index (χ1) is 13.5. The highest BCUT2D eigenvalue weighted by Gasteiger charge is 2.21. The maximum absolute atomic E-state index is 12.6. The fourth-order valence-electron chi connectivity index (χ4n) is 3.43. The molecule has 0 radical (unpaired) electrons. The number of hydrogen-bond donors (Lipinski definition) is 1. The summed E-state index contributed by atoms with van der Waals surface area (Å²) < 4.78 is 7.07. The van der Waals surface area contributed by atoms with Crippen LogP contribution < -0.4 is 10.1 Å². The predicted octanol–water partition coefficient (Wildman–Crippen LogP) is 3.71. The van der Waals surface area contributed by atoms with Crippen molar-refractivity contribution in [3.63, 3.8) is 0 Å². The van der Waals surface area contributed by atoms with Crippen molar-refractivity contribution in [2.75, 3.05) is 6.61 Å². The molecule has 0 aliphatic carbocycles. The molecule has 28 heavy (non-hydrogen) atoms. The Labute approximate surface area is 168 Å². The predicted molar refractivity (Wildman–Crippen MR) is 110 cm³/mol. The lowest BCUT2D eigenvalue weighted by Gasteiger charge is -2.11. The molecular formula is C21H26N3O3S+. The maximum atomic E-state index is 12.6. The van der Waals surface area contributed by atoms with E-state index in [-0.39, 0.29) is 5.56 Å². The molecule has 0 bridgehead atoms. The lowest BCUT2D eigenvalue weighted by atomic mass is 9.95. The van der Waals surface area contributed by atoms with Crippen molar-refractivity contribution in [1.82, 2.24) is 9.97 Å². The molecule has 0 saturated heterocycles. The van der Waals surface area contributed by atoms with Gasteiger partial charge in [-0.15, -0.1) is 11.3 Å². The zero-order valence-electron chi connectivity index (χ0n) is 16.7. The Kier molecular flexibility index (Phi) is 6.24. The number of carbonyl (C=O) groups excluding carboxylic acids is 1. The molecule has 7 heteroatoms. The molecular weight excluding hydrogens is 374 g/mol. The van der Waals surface area contributed by atoms with Crippen LogP contribution in [0.4, 0.5) is 0 Å². The summed E-state index contributed by atoms with van der Waals surface area (Å²) in [5.74, 6) is 0.726. The molecule has 0 fully saturated rings. The van der Waals surface area contributed by atoms with Crippen molar-refractivity contribution in [2.45, 2.75) is 53.0 Å². The number of rotatable bonds is 7. The van der Waals surface area contributed by atoms with E-state index in [1.165, 1.54) is 16.9 Å². The van der Waals surface area contributed by atoms with Gasteiger partial charge >= 0.3 is 5.97 Å². The molecule has 0 amide bonds. The van der Waals surface area contributed by atoms with Gasteiger partial charge in [-0.1, -0.05) is 13.8 Å². The second-order valence-corrected chi connectivity index (χ2v) is 7.79. The number of fused-ring (bicyclic) bond motifs is 1. The molecule has 3 heterocycles. The van der Waals surface area contributed by atoms with Crippen molar-refractivity contribution in [2.24, 2.45) is 0 Å². The molecule has 6 nitrogen and oxygen atoms in total. The molecule has 1 N–H and O–H groups in total. The first-order valence-electron chi connectivity index (χ1n) is 9.66. The Morgan fingerprint density at radius 1 is 1.25 bits per heavy atom. The number of aryl methyl sites for hydroxylation is 1. The summed E-state index contributed by atoms with van der Waals surface area (Å²) in [6.45, 7) is 8.67. The molecule has 3 aromatic heterocycles. The van der Waals surface area contributed by atoms with E-state index < -0.39 is 5.97 Å². The van der Waals surface area contributed by atoms with Crippen LogP contribution in [0.15, 0.2) is 29.3 Å². The largest absolute Gasteiger partial charge is 0.462 e. The normalized spacial score (nSPS) is 11.3. The van der Waals surface area contributed by atoms with Gasteiger partial charge in [0, 0.05) is 12.1 Å². The Bertz CT molecular complexity index is 1030. The van der Waals surface area contributed by atoms with Crippen LogP contribution in [-0.2, 0) is 11.3 Å². The Morgan fingerprint density at radius 3 is 2.54 bits per heavy atom. The minimum Gasteiger partial charge on any atom is -0.462 e. The number of carbonyl (C=O) groups is 1. The summed E-state index contributed by atoms with van der Waals surface area (Å²) >= 11 is 1.21. The van der Waals surface area contributed by atoms with E-state index in [4.69, 9.17) is 4.74 Å². The lowest BCUT2D eigenvalue weighted by molar-refractivity contribution is -0.689. The van der Waals surface area contributed by atoms with E-state index in [1.54, 1.807) is 13.8 Å². The quantitative estimate of drug-likeness (QED) is 0.485. The minimum absolute atomic E-state index is 0.224. The molecule has 0 atom stereocenters. The third-order valence-electron chi connectivity index (χ3n) is 5.02. The lowest BCUT2D eigenvalue weighted by Crippen LogP contribution is -2.35. The van der Waals surface area contributed by atoms with Crippen LogP contribution in [0, 0.1) is 6.92 Å². The summed E-state index contributed by atoms with van der Waals surface area (Å²) in [5.41, 5.74) is 1.73. The van der Waals surface area contributed by atoms with Crippen LogP contribution in [0.1, 0.15) is 66.2 Å². The number of aromatic amines is 1. The molecule has 0 unspecified atom stereocenters. The van der Waals surface area contributed by atoms with Gasteiger partial charge in [-0.25, -0.2) is 9.78 Å². The number of esters is 1. The van der Waals surface area contributed by atoms with Gasteiger partial charge in [0.1, 0.15) is 9.71 Å². The number of nitrogens with one attached hydrogen (secondary N) is 1. The molecule has 3 rings (SSSR count). The molecule has 0 aromatic carbocycles. The highest BCUT2D eigenvalue weighted by Crippen LogP contribution is 2.27. The number of hydrogen-bond acceptors (Lipinski definition) is 5. The fraction of sp³-hybridized carbons (Fsp3) is 0.429. The van der Waals surface area contributed by atoms with Crippen LogP contribution in [0.5, 0.6) is 0 Å². The smallest absolute Gasteiger partial charge is 0.348 e. The average Bonchev–Trinajstić information content (AvgIpc) is 3.01. The van der Waals surface area contributed by atoms with Crippen molar-refractivity contribution in [3.05, 3.63) is 56.7 Å². The SMILES string of the molecule is CCOC(=O)c1sc2nc(C[n+]3ccc(C(CC)CC)cc3)[nH]c(=O)c2c1C. The standard InChI is InChI=1S/C21H25N3O3S/c1-5-14(6-2)15-8-10-24(11-9-15)12-16-22-19(25)17-13(4)18(21(26)27-7-3)28-20(17)23-16/h8-11,14H,5-7,12H2,1-4H3/p+1. The van der Waals surface area contributed by atoms with Crippen molar-refractivity contribution in [3.8, 4) is 0 Å². The Morgan fingerprint density at radius 2 is 1.93 bits per heavy atom. The van der Waals surface area contributed by atoms with Gasteiger partial charge in [0.2, 0.25) is 6.54 Å². The molecule has 0 spiro atoms. The Hall–Kier alpha value is -2.54. The van der Waals surface area contributed by atoms with Crippen LogP contribution in [0.25, 0.3) is 10.2 Å². The van der Waals surface area contributed by atoms with Crippen LogP contribution in [-0.4, -0.2) is 22.5 Å². The van der Waals surface area contributed by atoms with E-state index >= 15 is 0 Å². The van der Waals surface area contributed by atoms with Gasteiger partial charge in [0.05, 0.1) is 12.0 Å². The van der Waals surface area contributed by atoms with Gasteiger partial charge in [-0.2, -0.15) is 4.57 Å². The minimum atomic E-state index is -0.407.